The molecule has 0 heterocycles. The summed E-state index contributed by atoms with van der Waals surface area (Å²) in [5.41, 5.74) is 2.44. The van der Waals surface area contributed by atoms with Crippen molar-refractivity contribution in [2.45, 2.75) is 25.7 Å². The van der Waals surface area contributed by atoms with E-state index in [1.165, 1.54) is 7.11 Å². The maximum atomic E-state index is 12.1. The lowest BCUT2D eigenvalue weighted by Gasteiger charge is -2.12. The van der Waals surface area contributed by atoms with Gasteiger partial charge in [0.25, 0.3) is 5.91 Å². The van der Waals surface area contributed by atoms with Gasteiger partial charge in [-0.05, 0) is 35.2 Å². The Morgan fingerprint density at radius 1 is 1.07 bits per heavy atom. The van der Waals surface area contributed by atoms with E-state index in [9.17, 15) is 18.0 Å². The molecule has 0 atom stereocenters. The van der Waals surface area contributed by atoms with Gasteiger partial charge in [-0.15, -0.1) is 6.58 Å². The number of ether oxygens (including phenoxy) is 3. The van der Waals surface area contributed by atoms with E-state index in [0.717, 1.165) is 11.1 Å². The number of allylic oxidation sites excluding steroid dienone is 1. The Labute approximate surface area is 173 Å². The molecule has 1 amide bonds. The molecule has 30 heavy (non-hydrogen) atoms. The number of halogens is 3. The molecule has 2 rings (SSSR count). The smallest absolute Gasteiger partial charge is 0.411 e. The number of benzene rings is 2. The highest BCUT2D eigenvalue weighted by molar-refractivity contribution is 5.77. The van der Waals surface area contributed by atoms with Crippen LogP contribution in [0.25, 0.3) is 0 Å². The van der Waals surface area contributed by atoms with Gasteiger partial charge in [-0.1, -0.05) is 36.4 Å². The lowest BCUT2D eigenvalue weighted by Crippen LogP contribution is -2.28. The van der Waals surface area contributed by atoms with Crippen molar-refractivity contribution < 1.29 is 32.2 Å². The largest absolute Gasteiger partial charge is 0.493 e. The van der Waals surface area contributed by atoms with Gasteiger partial charge in [-0.25, -0.2) is 0 Å². The zero-order valence-corrected chi connectivity index (χ0v) is 16.6. The molecule has 8 heteroatoms. The molecule has 0 radical (unpaired) electrons. The monoisotopic (exact) mass is 423 g/mol. The summed E-state index contributed by atoms with van der Waals surface area (Å²) in [6.45, 7) is 2.36. The van der Waals surface area contributed by atoms with E-state index in [0.29, 0.717) is 23.5 Å². The number of hydrogen-bond donors (Lipinski definition) is 1. The van der Waals surface area contributed by atoms with Gasteiger partial charge in [0, 0.05) is 6.54 Å². The predicted molar refractivity (Wildman–Crippen MR) is 106 cm³/mol. The Morgan fingerprint density at radius 3 is 2.37 bits per heavy atom. The van der Waals surface area contributed by atoms with Crippen LogP contribution in [0.5, 0.6) is 11.5 Å². The number of hydrogen-bond acceptors (Lipinski definition) is 4. The lowest BCUT2D eigenvalue weighted by molar-refractivity contribution is -0.176. The fourth-order valence-corrected chi connectivity index (χ4v) is 2.56. The van der Waals surface area contributed by atoms with Crippen molar-refractivity contribution in [3.05, 3.63) is 71.8 Å². The Hall–Kier alpha value is -3.00. The fourth-order valence-electron chi connectivity index (χ4n) is 2.56. The first-order chi connectivity index (χ1) is 14.3. The molecule has 0 aliphatic carbocycles. The van der Waals surface area contributed by atoms with Crippen LogP contribution in [0.15, 0.2) is 55.1 Å². The highest BCUT2D eigenvalue weighted by Gasteiger charge is 2.27. The second-order valence-electron chi connectivity index (χ2n) is 6.47. The third-order valence-corrected chi connectivity index (χ3v) is 4.01. The summed E-state index contributed by atoms with van der Waals surface area (Å²) in [7, 11) is 1.53. The van der Waals surface area contributed by atoms with Crippen molar-refractivity contribution >= 4 is 5.91 Å². The molecule has 0 bridgehead atoms. The Bertz CT molecular complexity index is 835. The molecular formula is C22H24F3NO4. The molecule has 0 aromatic heterocycles. The molecule has 1 N–H and O–H groups in total. The van der Waals surface area contributed by atoms with Crippen LogP contribution in [0, 0.1) is 0 Å². The van der Waals surface area contributed by atoms with E-state index in [1.54, 1.807) is 36.4 Å². The van der Waals surface area contributed by atoms with E-state index in [1.807, 2.05) is 12.1 Å². The van der Waals surface area contributed by atoms with Crippen LogP contribution in [-0.4, -0.2) is 32.4 Å². The SMILES string of the molecule is C=CCc1ccc(OCC(=O)NCc2ccc(COCC(F)(F)F)cc2)c(OC)c1. The second-order valence-corrected chi connectivity index (χ2v) is 6.47. The first-order valence-electron chi connectivity index (χ1n) is 9.20. The van der Waals surface area contributed by atoms with Gasteiger partial charge < -0.3 is 19.5 Å². The quantitative estimate of drug-likeness (QED) is 0.551. The van der Waals surface area contributed by atoms with Gasteiger partial charge >= 0.3 is 6.18 Å². The van der Waals surface area contributed by atoms with Gasteiger partial charge in [0.05, 0.1) is 13.7 Å². The zero-order chi connectivity index (χ0) is 22.0. The molecule has 5 nitrogen and oxygen atoms in total. The number of amides is 1. The maximum absolute atomic E-state index is 12.1. The average molecular weight is 423 g/mol. The second kappa shape index (κ2) is 11.3. The van der Waals surface area contributed by atoms with E-state index in [4.69, 9.17) is 9.47 Å². The molecule has 0 spiro atoms. The minimum atomic E-state index is -4.34. The van der Waals surface area contributed by atoms with Crippen molar-refractivity contribution in [3.8, 4) is 11.5 Å². The molecule has 2 aromatic rings. The molecular weight excluding hydrogens is 399 g/mol. The molecule has 0 aliphatic rings. The zero-order valence-electron chi connectivity index (χ0n) is 16.6. The minimum Gasteiger partial charge on any atom is -0.493 e. The summed E-state index contributed by atoms with van der Waals surface area (Å²) in [4.78, 5) is 12.0. The molecule has 2 aromatic carbocycles. The first-order valence-corrected chi connectivity index (χ1v) is 9.20. The van der Waals surface area contributed by atoms with Crippen LogP contribution in [0.3, 0.4) is 0 Å². The first kappa shape index (κ1) is 23.3. The van der Waals surface area contributed by atoms with Crippen molar-refractivity contribution in [1.82, 2.24) is 5.32 Å². The van der Waals surface area contributed by atoms with Crippen molar-refractivity contribution in [3.63, 3.8) is 0 Å². The standard InChI is InChI=1S/C22H24F3NO4/c1-3-4-16-9-10-19(20(11-16)28-2)30-14-21(27)26-12-17-5-7-18(8-6-17)13-29-15-22(23,24)25/h3,5-11H,1,4,12-15H2,2H3,(H,26,27). The third kappa shape index (κ3) is 8.16. The van der Waals surface area contributed by atoms with E-state index in [-0.39, 0.29) is 25.7 Å². The van der Waals surface area contributed by atoms with E-state index >= 15 is 0 Å². The molecule has 0 fully saturated rings. The van der Waals surface area contributed by atoms with Crippen LogP contribution < -0.4 is 14.8 Å². The van der Waals surface area contributed by atoms with Crippen LogP contribution in [0.2, 0.25) is 0 Å². The Kier molecular flexibility index (Phi) is 8.73. The Morgan fingerprint density at radius 2 is 1.73 bits per heavy atom. The normalized spacial score (nSPS) is 11.1. The van der Waals surface area contributed by atoms with Crippen LogP contribution in [0.1, 0.15) is 16.7 Å². The topological polar surface area (TPSA) is 56.8 Å². The molecule has 0 saturated heterocycles. The summed E-state index contributed by atoms with van der Waals surface area (Å²) < 4.78 is 51.7. The number of alkyl halides is 3. The summed E-state index contributed by atoms with van der Waals surface area (Å²) in [5, 5.41) is 2.72. The summed E-state index contributed by atoms with van der Waals surface area (Å²) in [6.07, 6.45) is -1.86. The van der Waals surface area contributed by atoms with E-state index in [2.05, 4.69) is 16.6 Å². The highest BCUT2D eigenvalue weighted by Crippen LogP contribution is 2.28. The number of carbonyl (C=O) groups excluding carboxylic acids is 1. The summed E-state index contributed by atoms with van der Waals surface area (Å²) >= 11 is 0. The Balaban J connectivity index is 1.77. The summed E-state index contributed by atoms with van der Waals surface area (Å²) in [5.74, 6) is 0.680. The third-order valence-electron chi connectivity index (χ3n) is 4.01. The van der Waals surface area contributed by atoms with Crippen LogP contribution in [0.4, 0.5) is 13.2 Å². The predicted octanol–water partition coefficient (Wildman–Crippen LogP) is 4.20. The van der Waals surface area contributed by atoms with Gasteiger partial charge in [0.15, 0.2) is 18.1 Å². The number of nitrogens with one attached hydrogen (secondary N) is 1. The van der Waals surface area contributed by atoms with Gasteiger partial charge in [-0.3, -0.25) is 4.79 Å². The minimum absolute atomic E-state index is 0.132. The highest BCUT2D eigenvalue weighted by atomic mass is 19.4. The van der Waals surface area contributed by atoms with Crippen molar-refractivity contribution in [1.29, 1.82) is 0 Å². The molecule has 0 aliphatic heterocycles. The molecule has 0 saturated carbocycles. The average Bonchev–Trinajstić information content (AvgIpc) is 2.71. The fraction of sp³-hybridized carbons (Fsp3) is 0.318. The van der Waals surface area contributed by atoms with Gasteiger partial charge in [0.2, 0.25) is 0 Å². The van der Waals surface area contributed by atoms with Crippen LogP contribution >= 0.6 is 0 Å². The van der Waals surface area contributed by atoms with Gasteiger partial charge in [-0.2, -0.15) is 13.2 Å². The number of methoxy groups -OCH3 is 1. The summed E-state index contributed by atoms with van der Waals surface area (Å²) in [6, 6.07) is 12.2. The van der Waals surface area contributed by atoms with Crippen molar-refractivity contribution in [2.24, 2.45) is 0 Å². The lowest BCUT2D eigenvalue weighted by atomic mass is 10.1. The number of rotatable bonds is 11. The van der Waals surface area contributed by atoms with E-state index < -0.39 is 12.8 Å². The maximum Gasteiger partial charge on any atom is 0.411 e. The molecule has 0 unspecified atom stereocenters. The van der Waals surface area contributed by atoms with Gasteiger partial charge in [0.1, 0.15) is 6.61 Å². The molecule has 162 valence electrons. The number of carbonyl (C=O) groups is 1. The van der Waals surface area contributed by atoms with Crippen molar-refractivity contribution in [2.75, 3.05) is 20.3 Å². The van der Waals surface area contributed by atoms with Crippen LogP contribution in [-0.2, 0) is 29.1 Å².